The van der Waals surface area contributed by atoms with Gasteiger partial charge in [0.2, 0.25) is 0 Å². The van der Waals surface area contributed by atoms with Crippen molar-refractivity contribution in [2.45, 2.75) is 273 Å². The van der Waals surface area contributed by atoms with Crippen molar-refractivity contribution in [1.29, 1.82) is 0 Å². The van der Waals surface area contributed by atoms with E-state index in [9.17, 15) is 0 Å². The van der Waals surface area contributed by atoms with Crippen LogP contribution in [0.1, 0.15) is 295 Å². The first kappa shape index (κ1) is 76.6. The lowest BCUT2D eigenvalue weighted by atomic mass is 9.94. The molecular weight excluding hydrogens is 1270 g/mol. The molecule has 3 aliphatic rings. The molecule has 14 nitrogen and oxygen atoms in total. The number of benzene rings is 4. The zero-order valence-electron chi connectivity index (χ0n) is 63.2. The molecule has 3 aromatic heterocycles. The molecule has 0 fully saturated rings. The molecule has 0 saturated carbocycles. The molecule has 8 bridgehead atoms. The van der Waals surface area contributed by atoms with Gasteiger partial charge in [-0.2, -0.15) is 9.97 Å². The molecule has 0 atom stereocenters. The van der Waals surface area contributed by atoms with Crippen molar-refractivity contribution in [1.82, 2.24) is 29.9 Å². The van der Waals surface area contributed by atoms with E-state index in [1.165, 1.54) is 154 Å². The molecular formula is C88H122N8O6. The number of nitrogens with one attached hydrogen (secondary N) is 2. The second-order valence-corrected chi connectivity index (χ2v) is 28.4. The molecule has 0 saturated heterocycles. The van der Waals surface area contributed by atoms with Gasteiger partial charge in [-0.05, 0) is 80.0 Å². The Balaban J connectivity index is 1.22. The molecule has 7 aromatic rings. The number of rotatable bonds is 50. The highest BCUT2D eigenvalue weighted by atomic mass is 16.5. The average Bonchev–Trinajstić information content (AvgIpc) is 1.59. The Hall–Kier alpha value is -8.00. The van der Waals surface area contributed by atoms with Crippen molar-refractivity contribution in [3.63, 3.8) is 0 Å². The number of anilines is 2. The smallest absolute Gasteiger partial charge is 0.253 e. The van der Waals surface area contributed by atoms with Crippen molar-refractivity contribution < 1.29 is 28.4 Å². The van der Waals surface area contributed by atoms with Crippen LogP contribution in [0.4, 0.5) is 11.8 Å². The molecule has 3 aliphatic heterocycles. The summed E-state index contributed by atoms with van der Waals surface area (Å²) in [6.45, 7) is 17.1. The largest absolute Gasteiger partial charge is 0.490 e. The monoisotopic (exact) mass is 1390 g/mol. The molecule has 14 heteroatoms. The number of aromatic nitrogens is 6. The lowest BCUT2D eigenvalue weighted by Crippen LogP contribution is -2.36. The Morgan fingerprint density at radius 1 is 0.304 bits per heavy atom. The summed E-state index contributed by atoms with van der Waals surface area (Å²) in [6, 6.07) is 34.2. The number of H-pyrrole nitrogens is 2. The Morgan fingerprint density at radius 2 is 0.647 bits per heavy atom. The van der Waals surface area contributed by atoms with E-state index in [1.807, 2.05) is 17.4 Å². The van der Waals surface area contributed by atoms with Gasteiger partial charge in [0.15, 0.2) is 46.2 Å². The third-order valence-electron chi connectivity index (χ3n) is 20.0. The highest BCUT2D eigenvalue weighted by Gasteiger charge is 2.33. The summed E-state index contributed by atoms with van der Waals surface area (Å²) in [5.41, 5.74) is 7.50. The minimum atomic E-state index is 0.425. The molecule has 102 heavy (non-hydrogen) atoms. The fraction of sp³-hybridized carbons (Fsp3) is 0.545. The zero-order chi connectivity index (χ0) is 70.8. The lowest BCUT2D eigenvalue weighted by molar-refractivity contribution is 0.142. The van der Waals surface area contributed by atoms with Crippen LogP contribution in [0.25, 0.3) is 55.0 Å². The van der Waals surface area contributed by atoms with Crippen molar-refractivity contribution in [2.75, 3.05) is 49.7 Å². The standard InChI is InChI=1S/C88H122N8O6/c1-7-13-19-25-31-43-53-97-76-59-69-70(60-77(76)98-54-44-32-26-20-14-8-2)74-64-82-91-88(96-66-81(102-58-48-36-30-24-18-12-6)80(65-95(82)96)101-57-47-35-29-23-17-11-5)94-86-72-62-79(100-56-46-34-28-22-16-10-4)78(99-55-45-33-27-21-15-9-3)61-71(72)85(92-86)93-87-84(68-51-41-38-42-52-68)83(67-49-39-37-40-50-67)75(90-87)63-73(69)89-74/h37-42,49-52,59-66,89H,7-36,43-48,53-58H2,1-6H3,(H,90,91,92,93,94). The third-order valence-corrected chi connectivity index (χ3v) is 20.0. The van der Waals surface area contributed by atoms with Crippen molar-refractivity contribution in [2.24, 2.45) is 0 Å². The van der Waals surface area contributed by atoms with E-state index in [-0.39, 0.29) is 0 Å². The van der Waals surface area contributed by atoms with Crippen LogP contribution in [0.3, 0.4) is 0 Å². The van der Waals surface area contributed by atoms with Crippen molar-refractivity contribution in [3.8, 4) is 23.0 Å². The predicted molar refractivity (Wildman–Crippen MR) is 425 cm³/mol. The summed E-state index contributed by atoms with van der Waals surface area (Å²) < 4.78 is 41.3. The predicted octanol–water partition coefficient (Wildman–Crippen LogP) is 25.1. The zero-order valence-corrected chi connectivity index (χ0v) is 63.2. The van der Waals surface area contributed by atoms with Gasteiger partial charge >= 0.3 is 0 Å². The first-order valence-electron chi connectivity index (χ1n) is 40.5. The Bertz CT molecular complexity index is 3680. The van der Waals surface area contributed by atoms with Gasteiger partial charge in [-0.1, -0.05) is 295 Å². The molecule has 10 rings (SSSR count). The summed E-state index contributed by atoms with van der Waals surface area (Å²) >= 11 is 0. The van der Waals surface area contributed by atoms with E-state index in [0.29, 0.717) is 91.5 Å². The molecule has 0 unspecified atom stereocenters. The minimum absolute atomic E-state index is 0.425. The second kappa shape index (κ2) is 42.6. The van der Waals surface area contributed by atoms with Crippen LogP contribution in [0, 0.1) is 0 Å². The number of hydrogen-bond donors (Lipinski definition) is 2. The van der Waals surface area contributed by atoms with Gasteiger partial charge in [-0.3, -0.25) is 0 Å². The number of fused-ring (bicyclic) bond motifs is 17. The summed E-state index contributed by atoms with van der Waals surface area (Å²) in [7, 11) is 0. The Labute approximate surface area is 610 Å². The maximum absolute atomic E-state index is 6.91. The summed E-state index contributed by atoms with van der Waals surface area (Å²) in [6.07, 6.45) is 45.8. The van der Waals surface area contributed by atoms with Gasteiger partial charge in [0.25, 0.3) is 5.95 Å². The molecule has 0 aliphatic carbocycles. The first-order valence-corrected chi connectivity index (χ1v) is 40.5. The maximum Gasteiger partial charge on any atom is 0.253 e. The lowest BCUT2D eigenvalue weighted by Gasteiger charge is -2.30. The summed E-state index contributed by atoms with van der Waals surface area (Å²) in [5.74, 6) is 5.75. The molecule has 0 spiro atoms. The fourth-order valence-corrected chi connectivity index (χ4v) is 14.0. The molecule has 550 valence electrons. The van der Waals surface area contributed by atoms with Crippen LogP contribution in [-0.2, 0) is 9.47 Å². The van der Waals surface area contributed by atoms with Crippen LogP contribution in [0.5, 0.6) is 23.0 Å². The molecule has 2 N–H and O–H groups in total. The number of hydrazine groups is 1. The number of ether oxygens (including phenoxy) is 6. The van der Waals surface area contributed by atoms with Crippen LogP contribution in [-0.4, -0.2) is 69.5 Å². The molecule has 0 amide bonds. The third kappa shape index (κ3) is 22.0. The minimum Gasteiger partial charge on any atom is -0.490 e. The van der Waals surface area contributed by atoms with E-state index in [0.717, 1.165) is 149 Å². The van der Waals surface area contributed by atoms with Crippen LogP contribution in [0.2, 0.25) is 0 Å². The van der Waals surface area contributed by atoms with Crippen molar-refractivity contribution >= 4 is 66.8 Å². The highest BCUT2D eigenvalue weighted by Crippen LogP contribution is 2.44. The van der Waals surface area contributed by atoms with Gasteiger partial charge in [0, 0.05) is 44.3 Å². The van der Waals surface area contributed by atoms with Gasteiger partial charge < -0.3 is 38.4 Å². The Kier molecular flexibility index (Phi) is 32.0. The highest BCUT2D eigenvalue weighted by molar-refractivity contribution is 6.11. The number of hydrogen-bond acceptors (Lipinski definition) is 12. The number of aromatic amines is 2. The average molecular weight is 1390 g/mol. The Morgan fingerprint density at radius 3 is 1.06 bits per heavy atom. The van der Waals surface area contributed by atoms with E-state index in [2.05, 4.69) is 154 Å². The number of nitrogens with zero attached hydrogens (tertiary/aromatic N) is 6. The molecule has 4 aromatic carbocycles. The summed E-state index contributed by atoms with van der Waals surface area (Å²) in [5, 5.41) is 7.62. The number of unbranched alkanes of at least 4 members (excludes halogenated alkanes) is 30. The van der Waals surface area contributed by atoms with Gasteiger partial charge in [-0.25, -0.2) is 20.0 Å². The normalized spacial score (nSPS) is 12.9. The maximum atomic E-state index is 6.91. The van der Waals surface area contributed by atoms with Crippen molar-refractivity contribution in [3.05, 3.63) is 144 Å². The van der Waals surface area contributed by atoms with E-state index in [4.69, 9.17) is 48.4 Å². The van der Waals surface area contributed by atoms with Gasteiger partial charge in [0.05, 0.1) is 63.3 Å². The SMILES string of the molecule is CCCCCCCCOC1=CN2c3cc4[nH]c(cc5nc(nc6[nH]c(nc(n3)N2C=C1OCCCCCCCC)c1cc(OCCCCCCCC)c(OCCCCCCCC)cc61)C(c1ccccc1)=C5c1ccccc1)c1cc(OCCCCCCCC)c(OCCCCCCCC)cc41. The van der Waals surface area contributed by atoms with E-state index in [1.54, 1.807) is 0 Å². The molecule has 0 radical (unpaired) electrons. The fourth-order valence-electron chi connectivity index (χ4n) is 14.0. The van der Waals surface area contributed by atoms with E-state index >= 15 is 0 Å². The topological polar surface area (TPSA) is 145 Å². The van der Waals surface area contributed by atoms with Crippen LogP contribution < -0.4 is 29.0 Å². The quantitative estimate of drug-likeness (QED) is 0.0350. The van der Waals surface area contributed by atoms with Crippen LogP contribution >= 0.6 is 0 Å². The van der Waals surface area contributed by atoms with Gasteiger partial charge in [-0.15, -0.1) is 0 Å². The van der Waals surface area contributed by atoms with Gasteiger partial charge in [0.1, 0.15) is 11.3 Å². The first-order chi connectivity index (χ1) is 50.4. The summed E-state index contributed by atoms with van der Waals surface area (Å²) in [4.78, 5) is 30.5. The second-order valence-electron chi connectivity index (χ2n) is 28.4. The van der Waals surface area contributed by atoms with E-state index < -0.39 is 0 Å². The molecule has 6 heterocycles. The van der Waals surface area contributed by atoms with Crippen LogP contribution in [0.15, 0.2) is 121 Å².